The maximum Gasteiger partial charge on any atom is 0.163 e. The summed E-state index contributed by atoms with van der Waals surface area (Å²) in [6.45, 7) is 0. The van der Waals surface area contributed by atoms with E-state index in [1.165, 1.54) is 12.1 Å². The lowest BCUT2D eigenvalue weighted by Gasteiger charge is -2.25. The van der Waals surface area contributed by atoms with E-state index >= 15 is 0 Å². The number of nitrogens with zero attached hydrogens (tertiary/aromatic N) is 8. The second-order valence-corrected chi connectivity index (χ2v) is 18.5. The van der Waals surface area contributed by atoms with Gasteiger partial charge in [0.25, 0.3) is 0 Å². The summed E-state index contributed by atoms with van der Waals surface area (Å²) in [5.74, 6) is 0.449. The van der Waals surface area contributed by atoms with Crippen LogP contribution in [0.25, 0.3) is 125 Å². The average molecular weight is 909 g/mol. The molecule has 0 unspecified atom stereocenters. The molecule has 9 heteroatoms. The Bertz CT molecular complexity index is 4500. The van der Waals surface area contributed by atoms with Crippen molar-refractivity contribution >= 4 is 96.9 Å². The molecular weight excluding hydrogens is 877 g/mol. The Labute approximate surface area is 403 Å². The zero-order chi connectivity index (χ0) is 46.6. The van der Waals surface area contributed by atoms with Crippen LogP contribution in [0.15, 0.2) is 194 Å². The molecule has 8 nitrogen and oxygen atoms in total. The number of nitriles is 3. The van der Waals surface area contributed by atoms with Crippen molar-refractivity contribution in [2.75, 3.05) is 0 Å². The van der Waals surface area contributed by atoms with Gasteiger partial charge in [0, 0.05) is 71.3 Å². The van der Waals surface area contributed by atoms with Crippen molar-refractivity contribution in [3.05, 3.63) is 211 Å². The van der Waals surface area contributed by atoms with Gasteiger partial charge >= 0.3 is 0 Å². The van der Waals surface area contributed by atoms with Gasteiger partial charge in [0.2, 0.25) is 0 Å². The van der Waals surface area contributed by atoms with Gasteiger partial charge in [-0.05, 0) is 54.6 Å². The first-order chi connectivity index (χ1) is 34.6. The highest BCUT2D eigenvalue weighted by molar-refractivity contribution is 7.26. The molecule has 0 saturated carbocycles. The van der Waals surface area contributed by atoms with Crippen LogP contribution in [0.4, 0.5) is 0 Å². The third kappa shape index (κ3) is 5.42. The molecule has 14 aromatic rings. The van der Waals surface area contributed by atoms with Crippen LogP contribution in [0.1, 0.15) is 16.7 Å². The van der Waals surface area contributed by atoms with Crippen molar-refractivity contribution in [1.29, 1.82) is 15.8 Å². The molecule has 0 aliphatic carbocycles. The summed E-state index contributed by atoms with van der Waals surface area (Å²) in [7, 11) is 0. The largest absolute Gasteiger partial charge is 0.307 e. The van der Waals surface area contributed by atoms with Crippen molar-refractivity contribution in [2.24, 2.45) is 0 Å². The van der Waals surface area contributed by atoms with Crippen LogP contribution in [-0.4, -0.2) is 23.7 Å². The monoisotopic (exact) mass is 908 g/mol. The van der Waals surface area contributed by atoms with Crippen molar-refractivity contribution in [1.82, 2.24) is 23.7 Å². The Hall–Kier alpha value is -9.85. The first-order valence-corrected chi connectivity index (χ1v) is 23.6. The molecule has 9 aromatic carbocycles. The molecule has 0 spiro atoms. The summed E-state index contributed by atoms with van der Waals surface area (Å²) in [5.41, 5.74) is 11.3. The number of fused-ring (bicyclic) bond motifs is 12. The zero-order valence-corrected chi connectivity index (χ0v) is 37.8. The normalized spacial score (nSPS) is 11.7. The fraction of sp³-hybridized carbons (Fsp3) is 0. The van der Waals surface area contributed by atoms with E-state index in [4.69, 9.17) is 9.97 Å². The molecule has 322 valence electrons. The fourth-order valence-electron chi connectivity index (χ4n) is 11.0. The van der Waals surface area contributed by atoms with Gasteiger partial charge in [-0.3, -0.25) is 0 Å². The third-order valence-corrected chi connectivity index (χ3v) is 15.0. The summed E-state index contributed by atoms with van der Waals surface area (Å²) < 4.78 is 9.47. The molecule has 0 fully saturated rings. The van der Waals surface area contributed by atoms with E-state index in [-0.39, 0.29) is 16.7 Å². The van der Waals surface area contributed by atoms with Gasteiger partial charge in [0.15, 0.2) is 5.82 Å². The second kappa shape index (κ2) is 15.1. The van der Waals surface area contributed by atoms with Crippen LogP contribution >= 0.6 is 11.3 Å². The highest BCUT2D eigenvalue weighted by Gasteiger charge is 2.33. The Morgan fingerprint density at radius 2 is 0.757 bits per heavy atom. The van der Waals surface area contributed by atoms with Gasteiger partial charge in [-0.25, -0.2) is 9.97 Å². The number of aromatic nitrogens is 5. The van der Waals surface area contributed by atoms with Crippen LogP contribution in [0, 0.1) is 34.0 Å². The Morgan fingerprint density at radius 3 is 1.17 bits per heavy atom. The van der Waals surface area contributed by atoms with E-state index in [9.17, 15) is 15.8 Å². The number of rotatable bonds is 5. The molecule has 5 aromatic heterocycles. The lowest BCUT2D eigenvalue weighted by molar-refractivity contribution is 1.08. The van der Waals surface area contributed by atoms with Crippen LogP contribution in [0.3, 0.4) is 0 Å². The molecule has 0 saturated heterocycles. The Balaban J connectivity index is 1.27. The van der Waals surface area contributed by atoms with E-state index in [0.717, 1.165) is 108 Å². The number of para-hydroxylation sites is 6. The molecule has 0 radical (unpaired) electrons. The van der Waals surface area contributed by atoms with Crippen molar-refractivity contribution < 1.29 is 0 Å². The van der Waals surface area contributed by atoms with Crippen LogP contribution in [0.5, 0.6) is 0 Å². The standard InChI is InChI=1S/C61H32N8S/c62-31-36-29-37(32-63)54(38(30-36)33-64)39-34-65-61(66-35-39)56-58(68-49-24-10-3-17-42(49)43-18-4-11-25-50(43)68)57(67-47-22-8-1-15-40(47)41-16-2-9-23-48(41)67)55-46-21-7-14-28-53(46)70-60(55)59(56)69-51-26-12-5-19-44(51)45-20-6-13-27-52(45)69/h1-30,34-35H. The first-order valence-electron chi connectivity index (χ1n) is 22.8. The maximum atomic E-state index is 10.4. The Kier molecular flexibility index (Phi) is 8.48. The molecule has 14 rings (SSSR count). The minimum Gasteiger partial charge on any atom is -0.307 e. The van der Waals surface area contributed by atoms with E-state index in [1.807, 2.05) is 0 Å². The highest BCUT2D eigenvalue weighted by Crippen LogP contribution is 2.53. The molecule has 0 N–H and O–H groups in total. The zero-order valence-electron chi connectivity index (χ0n) is 37.0. The summed E-state index contributed by atoms with van der Waals surface area (Å²) in [6, 6.07) is 70.0. The maximum absolute atomic E-state index is 10.4. The van der Waals surface area contributed by atoms with Crippen LogP contribution in [0.2, 0.25) is 0 Å². The number of thiophene rings is 1. The average Bonchev–Trinajstić information content (AvgIpc) is 4.17. The minimum absolute atomic E-state index is 0.198. The molecule has 0 atom stereocenters. The van der Waals surface area contributed by atoms with Crippen LogP contribution in [-0.2, 0) is 0 Å². The first kappa shape index (κ1) is 39.3. The lowest BCUT2D eigenvalue weighted by Crippen LogP contribution is -2.11. The molecule has 0 amide bonds. The van der Waals surface area contributed by atoms with E-state index in [1.54, 1.807) is 23.7 Å². The predicted octanol–water partition coefficient (Wildman–Crippen LogP) is 15.1. The van der Waals surface area contributed by atoms with Crippen molar-refractivity contribution in [3.63, 3.8) is 0 Å². The Morgan fingerprint density at radius 1 is 0.386 bits per heavy atom. The SMILES string of the molecule is N#Cc1cc(C#N)c(-c2cnc(-c3c(-n4c5ccccc5c5ccccc54)c(-n4c5ccccc5c5ccccc54)c4c(sc5ccccc54)c3-n3c4ccccc4c4ccccc43)nc2)c(C#N)c1. The van der Waals surface area contributed by atoms with Gasteiger partial charge in [0.1, 0.15) is 0 Å². The quantitative estimate of drug-likeness (QED) is 0.171. The van der Waals surface area contributed by atoms with Crippen molar-refractivity contribution in [3.8, 4) is 57.8 Å². The molecule has 0 aliphatic rings. The number of hydrogen-bond acceptors (Lipinski definition) is 6. The predicted molar refractivity (Wildman–Crippen MR) is 283 cm³/mol. The topological polar surface area (TPSA) is 112 Å². The molecule has 70 heavy (non-hydrogen) atoms. The molecular formula is C61H32N8S. The van der Waals surface area contributed by atoms with E-state index < -0.39 is 0 Å². The van der Waals surface area contributed by atoms with E-state index in [2.05, 4.69) is 202 Å². The summed E-state index contributed by atoms with van der Waals surface area (Å²) >= 11 is 1.76. The minimum atomic E-state index is 0.198. The fourth-order valence-corrected chi connectivity index (χ4v) is 12.3. The van der Waals surface area contributed by atoms with Gasteiger partial charge in [-0.1, -0.05) is 127 Å². The van der Waals surface area contributed by atoms with Gasteiger partial charge < -0.3 is 13.7 Å². The van der Waals surface area contributed by atoms with Gasteiger partial charge in [0.05, 0.1) is 95.3 Å². The summed E-state index contributed by atoms with van der Waals surface area (Å²) in [6.07, 6.45) is 3.43. The van der Waals surface area contributed by atoms with Gasteiger partial charge in [-0.15, -0.1) is 11.3 Å². The summed E-state index contributed by atoms with van der Waals surface area (Å²) in [4.78, 5) is 10.7. The molecule has 5 heterocycles. The number of benzene rings is 9. The highest BCUT2D eigenvalue weighted by atomic mass is 32.1. The second-order valence-electron chi connectivity index (χ2n) is 17.4. The molecule has 0 bridgehead atoms. The van der Waals surface area contributed by atoms with Crippen molar-refractivity contribution in [2.45, 2.75) is 0 Å². The van der Waals surface area contributed by atoms with Gasteiger partial charge in [-0.2, -0.15) is 15.8 Å². The molecule has 0 aliphatic heterocycles. The smallest absolute Gasteiger partial charge is 0.163 e. The number of hydrogen-bond donors (Lipinski definition) is 0. The van der Waals surface area contributed by atoms with E-state index in [0.29, 0.717) is 17.0 Å². The lowest BCUT2D eigenvalue weighted by atomic mass is 9.95. The third-order valence-electron chi connectivity index (χ3n) is 13.8. The van der Waals surface area contributed by atoms with Crippen LogP contribution < -0.4 is 0 Å². The summed E-state index contributed by atoms with van der Waals surface area (Å²) in [5, 5.41) is 39.5.